The summed E-state index contributed by atoms with van der Waals surface area (Å²) in [6.07, 6.45) is 5.90. The predicted molar refractivity (Wildman–Crippen MR) is 105 cm³/mol. The highest BCUT2D eigenvalue weighted by molar-refractivity contribution is 5.86. The number of aromatic nitrogens is 2. The molecule has 0 radical (unpaired) electrons. The summed E-state index contributed by atoms with van der Waals surface area (Å²) in [5.74, 6) is 0. The van der Waals surface area contributed by atoms with Crippen molar-refractivity contribution >= 4 is 10.9 Å². The molecule has 1 N–H and O–H groups in total. The minimum absolute atomic E-state index is 0.558. The quantitative estimate of drug-likeness (QED) is 0.717. The average Bonchev–Trinajstić information content (AvgIpc) is 2.95. The van der Waals surface area contributed by atoms with Crippen LogP contribution in [-0.2, 0) is 19.5 Å². The van der Waals surface area contributed by atoms with Crippen molar-refractivity contribution in [2.45, 2.75) is 32.5 Å². The Kier molecular flexibility index (Phi) is 4.62. The van der Waals surface area contributed by atoms with Gasteiger partial charge in [-0.2, -0.15) is 0 Å². The zero-order valence-electron chi connectivity index (χ0n) is 15.2. The van der Waals surface area contributed by atoms with Crippen molar-refractivity contribution in [2.75, 3.05) is 13.1 Å². The van der Waals surface area contributed by atoms with Crippen LogP contribution in [0, 0.1) is 6.92 Å². The fourth-order valence-corrected chi connectivity index (χ4v) is 4.02. The van der Waals surface area contributed by atoms with Gasteiger partial charge in [-0.05, 0) is 30.7 Å². The molecule has 0 fully saturated rings. The van der Waals surface area contributed by atoms with Crippen molar-refractivity contribution in [3.8, 4) is 0 Å². The molecule has 0 saturated carbocycles. The van der Waals surface area contributed by atoms with Crippen LogP contribution in [0.3, 0.4) is 0 Å². The molecule has 0 spiro atoms. The van der Waals surface area contributed by atoms with E-state index in [9.17, 15) is 5.11 Å². The number of rotatable bonds is 5. The van der Waals surface area contributed by atoms with E-state index in [-0.39, 0.29) is 0 Å². The zero-order valence-corrected chi connectivity index (χ0v) is 15.2. The summed E-state index contributed by atoms with van der Waals surface area (Å²) in [6, 6.07) is 10.4. The van der Waals surface area contributed by atoms with E-state index in [0.717, 1.165) is 31.6 Å². The van der Waals surface area contributed by atoms with Crippen LogP contribution in [0.1, 0.15) is 28.5 Å². The lowest BCUT2D eigenvalue weighted by molar-refractivity contribution is 0.155. The van der Waals surface area contributed by atoms with Crippen LogP contribution < -0.4 is 0 Å². The number of pyridine rings is 1. The average molecular weight is 347 g/mol. The van der Waals surface area contributed by atoms with Crippen LogP contribution >= 0.6 is 0 Å². The number of aliphatic hydroxyl groups excluding tert-OH is 1. The second kappa shape index (κ2) is 7.06. The molecule has 1 atom stereocenters. The molecule has 1 aliphatic rings. The van der Waals surface area contributed by atoms with E-state index in [1.165, 1.54) is 27.7 Å². The molecule has 3 aromatic rings. The molecule has 3 heterocycles. The topological polar surface area (TPSA) is 41.3 Å². The number of fused-ring (bicyclic) bond motifs is 3. The standard InChI is InChI=1S/C22H25N3O/c1-3-10-24-11-8-21-19(14-24)18-12-16(2)6-7-20(18)25(21)15-22(26)17-5-4-9-23-13-17/h3-7,9,12-13,22,26H,1,8,10-11,14-15H2,2H3. The van der Waals surface area contributed by atoms with Crippen molar-refractivity contribution < 1.29 is 5.11 Å². The number of aryl methyl sites for hydroxylation is 1. The maximum Gasteiger partial charge on any atom is 0.0983 e. The maximum atomic E-state index is 10.8. The minimum atomic E-state index is -0.559. The van der Waals surface area contributed by atoms with E-state index < -0.39 is 6.10 Å². The lowest BCUT2D eigenvalue weighted by Gasteiger charge is -2.27. The largest absolute Gasteiger partial charge is 0.386 e. The second-order valence-corrected chi connectivity index (χ2v) is 7.13. The first-order valence-corrected chi connectivity index (χ1v) is 9.19. The van der Waals surface area contributed by atoms with Crippen LogP contribution in [-0.4, -0.2) is 32.6 Å². The van der Waals surface area contributed by atoms with Gasteiger partial charge in [0, 0.05) is 60.6 Å². The Morgan fingerprint density at radius 2 is 2.23 bits per heavy atom. The molecule has 1 aromatic carbocycles. The Balaban J connectivity index is 1.76. The summed E-state index contributed by atoms with van der Waals surface area (Å²) >= 11 is 0. The van der Waals surface area contributed by atoms with Crippen LogP contribution in [0.4, 0.5) is 0 Å². The molecule has 0 bridgehead atoms. The molecule has 4 heteroatoms. The van der Waals surface area contributed by atoms with Crippen LogP contribution in [0.2, 0.25) is 0 Å². The monoisotopic (exact) mass is 347 g/mol. The van der Waals surface area contributed by atoms with E-state index in [1.54, 1.807) is 12.4 Å². The molecule has 0 saturated heterocycles. The Bertz CT molecular complexity index is 929. The van der Waals surface area contributed by atoms with Gasteiger partial charge in [0.25, 0.3) is 0 Å². The van der Waals surface area contributed by atoms with Crippen LogP contribution in [0.25, 0.3) is 10.9 Å². The van der Waals surface area contributed by atoms with Gasteiger partial charge in [-0.15, -0.1) is 6.58 Å². The van der Waals surface area contributed by atoms with Crippen LogP contribution in [0.5, 0.6) is 0 Å². The van der Waals surface area contributed by atoms with Gasteiger partial charge in [0.1, 0.15) is 0 Å². The fraction of sp³-hybridized carbons (Fsp3) is 0.318. The lowest BCUT2D eigenvalue weighted by atomic mass is 10.0. The van der Waals surface area contributed by atoms with E-state index >= 15 is 0 Å². The number of benzene rings is 1. The molecule has 2 aromatic heterocycles. The summed E-state index contributed by atoms with van der Waals surface area (Å²) in [5, 5.41) is 12.1. The van der Waals surface area contributed by atoms with Gasteiger partial charge in [0.05, 0.1) is 12.6 Å². The summed E-state index contributed by atoms with van der Waals surface area (Å²) < 4.78 is 2.31. The molecular weight excluding hydrogens is 322 g/mol. The lowest BCUT2D eigenvalue weighted by Crippen LogP contribution is -2.31. The third-order valence-electron chi connectivity index (χ3n) is 5.30. The smallest absolute Gasteiger partial charge is 0.0983 e. The predicted octanol–water partition coefficient (Wildman–Crippen LogP) is 3.62. The van der Waals surface area contributed by atoms with Gasteiger partial charge in [0.15, 0.2) is 0 Å². The molecule has 26 heavy (non-hydrogen) atoms. The molecule has 1 aliphatic heterocycles. The first kappa shape index (κ1) is 17.0. The van der Waals surface area contributed by atoms with Crippen molar-refractivity contribution in [1.82, 2.24) is 14.5 Å². The first-order valence-electron chi connectivity index (χ1n) is 9.19. The van der Waals surface area contributed by atoms with Gasteiger partial charge < -0.3 is 9.67 Å². The molecule has 0 aliphatic carbocycles. The summed E-state index contributed by atoms with van der Waals surface area (Å²) in [4.78, 5) is 6.57. The van der Waals surface area contributed by atoms with Gasteiger partial charge in [-0.25, -0.2) is 0 Å². The SMILES string of the molecule is C=CCN1CCc2c(c3cc(C)ccc3n2CC(O)c2cccnc2)C1. The highest BCUT2D eigenvalue weighted by atomic mass is 16.3. The first-order chi connectivity index (χ1) is 12.7. The number of hydrogen-bond acceptors (Lipinski definition) is 3. The molecule has 134 valence electrons. The summed E-state index contributed by atoms with van der Waals surface area (Å²) in [6.45, 7) is 9.45. The molecule has 1 unspecified atom stereocenters. The number of hydrogen-bond donors (Lipinski definition) is 1. The normalized spacial score (nSPS) is 15.8. The maximum absolute atomic E-state index is 10.8. The second-order valence-electron chi connectivity index (χ2n) is 7.13. The molecule has 4 rings (SSSR count). The van der Waals surface area contributed by atoms with Gasteiger partial charge >= 0.3 is 0 Å². The van der Waals surface area contributed by atoms with Crippen LogP contribution in [0.15, 0.2) is 55.4 Å². The van der Waals surface area contributed by atoms with Gasteiger partial charge in [-0.1, -0.05) is 23.8 Å². The summed E-state index contributed by atoms with van der Waals surface area (Å²) in [5.41, 5.74) is 6.10. The highest BCUT2D eigenvalue weighted by Gasteiger charge is 2.24. The molecule has 4 nitrogen and oxygen atoms in total. The van der Waals surface area contributed by atoms with Gasteiger partial charge in [-0.3, -0.25) is 9.88 Å². The third-order valence-corrected chi connectivity index (χ3v) is 5.30. The molecule has 0 amide bonds. The molecular formula is C22H25N3O. The van der Waals surface area contributed by atoms with Gasteiger partial charge in [0.2, 0.25) is 0 Å². The third kappa shape index (κ3) is 3.06. The van der Waals surface area contributed by atoms with Crippen molar-refractivity contribution in [2.24, 2.45) is 0 Å². The Morgan fingerprint density at radius 3 is 3.00 bits per heavy atom. The fourth-order valence-electron chi connectivity index (χ4n) is 4.02. The van der Waals surface area contributed by atoms with E-state index in [4.69, 9.17) is 0 Å². The number of aliphatic hydroxyl groups is 1. The Labute approximate surface area is 154 Å². The van der Waals surface area contributed by atoms with E-state index in [2.05, 4.69) is 46.2 Å². The van der Waals surface area contributed by atoms with Crippen molar-refractivity contribution in [3.63, 3.8) is 0 Å². The van der Waals surface area contributed by atoms with Crippen molar-refractivity contribution in [1.29, 1.82) is 0 Å². The Morgan fingerprint density at radius 1 is 1.35 bits per heavy atom. The van der Waals surface area contributed by atoms with E-state index in [1.807, 2.05) is 18.2 Å². The van der Waals surface area contributed by atoms with E-state index in [0.29, 0.717) is 6.54 Å². The Hall–Kier alpha value is -2.43. The summed E-state index contributed by atoms with van der Waals surface area (Å²) in [7, 11) is 0. The van der Waals surface area contributed by atoms with Crippen molar-refractivity contribution in [3.05, 3.63) is 77.8 Å². The zero-order chi connectivity index (χ0) is 18.1. The number of nitrogens with zero attached hydrogens (tertiary/aromatic N) is 3. The minimum Gasteiger partial charge on any atom is -0.386 e. The highest BCUT2D eigenvalue weighted by Crippen LogP contribution is 2.33.